The molecule has 3 aromatic rings. The SMILES string of the molecule is COCCCN1CCOc2ccc(CO[C@H]3CN(S(=O)(=O)c4ccc(C)cc4)[C@H](CC(C)(C)C(=O)O)C[C@@H]3c3ccc(O)cc3)cc21. The van der Waals surface area contributed by atoms with Crippen molar-refractivity contribution in [3.05, 3.63) is 83.4 Å². The lowest BCUT2D eigenvalue weighted by atomic mass is 9.77. The zero-order valence-electron chi connectivity index (χ0n) is 27.6. The summed E-state index contributed by atoms with van der Waals surface area (Å²) in [6.45, 7) is 8.31. The molecule has 3 aromatic carbocycles. The van der Waals surface area contributed by atoms with Crippen LogP contribution in [-0.2, 0) is 30.9 Å². The van der Waals surface area contributed by atoms with Crippen LogP contribution < -0.4 is 9.64 Å². The molecule has 2 heterocycles. The highest BCUT2D eigenvalue weighted by Crippen LogP contribution is 2.42. The number of rotatable bonds is 13. The summed E-state index contributed by atoms with van der Waals surface area (Å²) in [7, 11) is -2.30. The fraction of sp³-hybridized carbons (Fsp3) is 0.472. The van der Waals surface area contributed by atoms with E-state index in [0.29, 0.717) is 19.6 Å². The lowest BCUT2D eigenvalue weighted by Gasteiger charge is -2.45. The van der Waals surface area contributed by atoms with E-state index in [1.807, 2.05) is 31.2 Å². The Hall–Kier alpha value is -3.64. The number of fused-ring (bicyclic) bond motifs is 1. The molecule has 11 heteroatoms. The van der Waals surface area contributed by atoms with Crippen LogP contribution in [0.5, 0.6) is 11.5 Å². The number of aromatic hydroxyl groups is 1. The van der Waals surface area contributed by atoms with Crippen molar-refractivity contribution in [3.8, 4) is 11.5 Å². The van der Waals surface area contributed by atoms with Gasteiger partial charge in [-0.2, -0.15) is 4.31 Å². The second kappa shape index (κ2) is 14.6. The Kier molecular flexibility index (Phi) is 10.8. The molecular weight excluding hydrogens is 620 g/mol. The van der Waals surface area contributed by atoms with Gasteiger partial charge in [0.15, 0.2) is 0 Å². The van der Waals surface area contributed by atoms with E-state index in [4.69, 9.17) is 14.2 Å². The van der Waals surface area contributed by atoms with Crippen molar-refractivity contribution in [1.29, 1.82) is 0 Å². The third-order valence-corrected chi connectivity index (χ3v) is 11.2. The molecule has 47 heavy (non-hydrogen) atoms. The predicted octanol–water partition coefficient (Wildman–Crippen LogP) is 5.57. The molecule has 254 valence electrons. The molecule has 1 saturated heterocycles. The summed E-state index contributed by atoms with van der Waals surface area (Å²) in [4.78, 5) is 14.7. The molecule has 2 N–H and O–H groups in total. The topological polar surface area (TPSA) is 126 Å². The van der Waals surface area contributed by atoms with Crippen molar-refractivity contribution in [2.75, 3.05) is 44.9 Å². The van der Waals surface area contributed by atoms with E-state index in [2.05, 4.69) is 11.0 Å². The van der Waals surface area contributed by atoms with Gasteiger partial charge in [0.2, 0.25) is 10.0 Å². The number of ether oxygens (including phenoxy) is 3. The minimum Gasteiger partial charge on any atom is -0.508 e. The van der Waals surface area contributed by atoms with Crippen LogP contribution in [0.3, 0.4) is 0 Å². The van der Waals surface area contributed by atoms with E-state index in [1.165, 1.54) is 4.31 Å². The van der Waals surface area contributed by atoms with Crippen LogP contribution in [0.1, 0.15) is 55.7 Å². The summed E-state index contributed by atoms with van der Waals surface area (Å²) in [5.41, 5.74) is 2.58. The first-order valence-corrected chi connectivity index (χ1v) is 17.5. The first-order chi connectivity index (χ1) is 22.4. The summed E-state index contributed by atoms with van der Waals surface area (Å²) in [5.74, 6) is -0.296. The van der Waals surface area contributed by atoms with Crippen molar-refractivity contribution in [2.24, 2.45) is 5.41 Å². The molecule has 5 rings (SSSR count). The highest BCUT2D eigenvalue weighted by atomic mass is 32.2. The Labute approximate surface area is 277 Å². The van der Waals surface area contributed by atoms with Crippen LogP contribution in [0.2, 0.25) is 0 Å². The molecule has 0 aliphatic carbocycles. The number of hydrogen-bond acceptors (Lipinski definition) is 8. The van der Waals surface area contributed by atoms with Crippen LogP contribution in [-0.4, -0.2) is 81.0 Å². The summed E-state index contributed by atoms with van der Waals surface area (Å²) in [6, 6.07) is 19.0. The van der Waals surface area contributed by atoms with E-state index >= 15 is 0 Å². The Balaban J connectivity index is 1.47. The number of methoxy groups -OCH3 is 1. The van der Waals surface area contributed by atoms with E-state index < -0.39 is 33.6 Å². The van der Waals surface area contributed by atoms with E-state index in [9.17, 15) is 23.4 Å². The fourth-order valence-electron chi connectivity index (χ4n) is 6.50. The number of carbonyl (C=O) groups is 1. The normalized spacial score (nSPS) is 20.4. The lowest BCUT2D eigenvalue weighted by molar-refractivity contribution is -0.148. The number of piperidine rings is 1. The molecular formula is C36H46N2O8S. The van der Waals surface area contributed by atoms with Gasteiger partial charge in [-0.1, -0.05) is 35.9 Å². The Bertz CT molecular complexity index is 1630. The molecule has 0 bridgehead atoms. The number of phenolic OH excluding ortho intramolecular Hbond substituents is 1. The predicted molar refractivity (Wildman–Crippen MR) is 180 cm³/mol. The van der Waals surface area contributed by atoms with Gasteiger partial charge in [-0.3, -0.25) is 4.79 Å². The monoisotopic (exact) mass is 666 g/mol. The summed E-state index contributed by atoms with van der Waals surface area (Å²) < 4.78 is 47.7. The summed E-state index contributed by atoms with van der Waals surface area (Å²) in [5, 5.41) is 20.0. The maximum absolute atomic E-state index is 14.2. The molecule has 2 aliphatic heterocycles. The number of sulfonamides is 1. The minimum absolute atomic E-state index is 0.0410. The van der Waals surface area contributed by atoms with E-state index in [-0.39, 0.29) is 36.1 Å². The van der Waals surface area contributed by atoms with Crippen LogP contribution in [0.25, 0.3) is 0 Å². The standard InChI is InChI=1S/C36H46N2O8S/c1-25-6-13-30(14-7-25)47(42,43)38-23-34(31(27-9-11-29(39)12-10-27)21-28(38)22-36(2,3)35(40)41)46-24-26-8-15-33-32(20-26)37(17-19-45-33)16-5-18-44-4/h6-15,20,28,31,34,39H,5,16-19,21-24H2,1-4H3,(H,40,41)/t28-,31+,34-/m0/s1. The number of hydrogen-bond donors (Lipinski definition) is 2. The first-order valence-electron chi connectivity index (χ1n) is 16.1. The number of aliphatic carboxylic acids is 1. The largest absolute Gasteiger partial charge is 0.508 e. The molecule has 10 nitrogen and oxygen atoms in total. The van der Waals surface area contributed by atoms with Gasteiger partial charge in [-0.15, -0.1) is 0 Å². The molecule has 0 saturated carbocycles. The van der Waals surface area contributed by atoms with Gasteiger partial charge in [0, 0.05) is 38.8 Å². The van der Waals surface area contributed by atoms with Crippen molar-refractivity contribution >= 4 is 21.7 Å². The number of aryl methyl sites for hydroxylation is 1. The van der Waals surface area contributed by atoms with E-state index in [1.54, 1.807) is 57.4 Å². The van der Waals surface area contributed by atoms with Gasteiger partial charge in [-0.25, -0.2) is 8.42 Å². The van der Waals surface area contributed by atoms with Crippen molar-refractivity contribution in [1.82, 2.24) is 4.31 Å². The van der Waals surface area contributed by atoms with Crippen molar-refractivity contribution in [3.63, 3.8) is 0 Å². The molecule has 0 radical (unpaired) electrons. The lowest BCUT2D eigenvalue weighted by Crippen LogP contribution is -2.53. The maximum Gasteiger partial charge on any atom is 0.309 e. The Morgan fingerprint density at radius 3 is 2.47 bits per heavy atom. The van der Waals surface area contributed by atoms with Gasteiger partial charge < -0.3 is 29.3 Å². The number of carboxylic acids is 1. The van der Waals surface area contributed by atoms with Crippen molar-refractivity contribution in [2.45, 2.75) is 69.6 Å². The zero-order chi connectivity index (χ0) is 33.8. The number of benzene rings is 3. The smallest absolute Gasteiger partial charge is 0.309 e. The third-order valence-electron chi connectivity index (χ3n) is 9.24. The quantitative estimate of drug-likeness (QED) is 0.225. The third kappa shape index (κ3) is 8.09. The molecule has 0 unspecified atom stereocenters. The number of phenols is 1. The molecule has 1 fully saturated rings. The van der Waals surface area contributed by atoms with E-state index in [0.717, 1.165) is 47.6 Å². The Morgan fingerprint density at radius 1 is 1.06 bits per heavy atom. The summed E-state index contributed by atoms with van der Waals surface area (Å²) >= 11 is 0. The van der Waals surface area contributed by atoms with Crippen molar-refractivity contribution < 1.29 is 37.6 Å². The first kappa shape index (κ1) is 34.7. The zero-order valence-corrected chi connectivity index (χ0v) is 28.4. The number of carboxylic acid groups (broad SMARTS) is 1. The molecule has 0 aromatic heterocycles. The van der Waals surface area contributed by atoms with Crippen LogP contribution in [0.15, 0.2) is 71.6 Å². The average Bonchev–Trinajstić information content (AvgIpc) is 3.04. The number of nitrogens with zero attached hydrogens (tertiary/aromatic N) is 2. The van der Waals surface area contributed by atoms with Gasteiger partial charge >= 0.3 is 5.97 Å². The molecule has 3 atom stereocenters. The van der Waals surface area contributed by atoms with Crippen LogP contribution in [0.4, 0.5) is 5.69 Å². The van der Waals surface area contributed by atoms with Gasteiger partial charge in [-0.05, 0) is 87.6 Å². The van der Waals surface area contributed by atoms with Crippen LogP contribution in [0, 0.1) is 12.3 Å². The maximum atomic E-state index is 14.2. The van der Waals surface area contributed by atoms with Gasteiger partial charge in [0.25, 0.3) is 0 Å². The minimum atomic E-state index is -4.00. The fourth-order valence-corrected chi connectivity index (χ4v) is 8.15. The molecule has 2 aliphatic rings. The average molecular weight is 667 g/mol. The van der Waals surface area contributed by atoms with Gasteiger partial charge in [0.1, 0.15) is 18.1 Å². The van der Waals surface area contributed by atoms with Gasteiger partial charge in [0.05, 0.1) is 35.3 Å². The molecule has 0 amide bonds. The van der Waals surface area contributed by atoms with Crippen LogP contribution >= 0.6 is 0 Å². The Morgan fingerprint density at radius 2 is 1.79 bits per heavy atom. The second-order valence-electron chi connectivity index (χ2n) is 13.2. The molecule has 0 spiro atoms. The summed E-state index contributed by atoms with van der Waals surface area (Å²) in [6.07, 6.45) is 0.813. The number of anilines is 1. The highest BCUT2D eigenvalue weighted by Gasteiger charge is 2.46. The highest BCUT2D eigenvalue weighted by molar-refractivity contribution is 7.89. The second-order valence-corrected chi connectivity index (χ2v) is 15.1.